The maximum absolute atomic E-state index is 13.1. The molecular weight excluding hydrogens is 397 g/mol. The van der Waals surface area contributed by atoms with Crippen LogP contribution in [-0.4, -0.2) is 51.7 Å². The van der Waals surface area contributed by atoms with Crippen molar-refractivity contribution >= 4 is 17.6 Å². The number of nitrogens with one attached hydrogen (secondary N) is 1. The number of likely N-dealkylation sites (tertiary alicyclic amines) is 1. The van der Waals surface area contributed by atoms with Gasteiger partial charge in [-0.15, -0.1) is 0 Å². The number of fused-ring (bicyclic) bond motifs is 1. The van der Waals surface area contributed by atoms with Crippen molar-refractivity contribution in [1.29, 1.82) is 0 Å². The Balaban J connectivity index is 1.52. The van der Waals surface area contributed by atoms with Crippen LogP contribution in [0.15, 0.2) is 24.3 Å². The number of rotatable bonds is 5. The van der Waals surface area contributed by atoms with E-state index in [4.69, 9.17) is 9.97 Å². The number of amides is 2. The summed E-state index contributed by atoms with van der Waals surface area (Å²) in [4.78, 5) is 38.1. The Morgan fingerprint density at radius 2 is 1.97 bits per heavy atom. The van der Waals surface area contributed by atoms with Gasteiger partial charge in [-0.3, -0.25) is 9.59 Å². The first kappa shape index (κ1) is 21.2. The van der Waals surface area contributed by atoms with Gasteiger partial charge in [0.1, 0.15) is 11.6 Å². The van der Waals surface area contributed by atoms with Crippen LogP contribution >= 0.6 is 0 Å². The molecule has 3 heterocycles. The van der Waals surface area contributed by atoms with Crippen LogP contribution in [0.4, 0.5) is 10.2 Å². The third kappa shape index (κ3) is 4.52. The standard InChI is InChI=1S/C23H28FN5O2/c1-15(30)28-13-11-18-19(14-28)26-23(27-22(18)25-2)20-4-3-12-29(20)21(31)10-7-16-5-8-17(24)9-6-16/h5-6,8-9,20H,3-4,7,10-14H2,1-2H3,(H,25,26,27)/t20-/m0/s1. The summed E-state index contributed by atoms with van der Waals surface area (Å²) in [7, 11) is 1.84. The van der Waals surface area contributed by atoms with Gasteiger partial charge in [-0.1, -0.05) is 12.1 Å². The van der Waals surface area contributed by atoms with E-state index < -0.39 is 0 Å². The highest BCUT2D eigenvalue weighted by molar-refractivity contribution is 5.77. The normalized spacial score (nSPS) is 18.1. The summed E-state index contributed by atoms with van der Waals surface area (Å²) in [6.45, 7) is 3.39. The van der Waals surface area contributed by atoms with Gasteiger partial charge in [0, 0.05) is 39.0 Å². The summed E-state index contributed by atoms with van der Waals surface area (Å²) in [5.74, 6) is 1.25. The van der Waals surface area contributed by atoms with Crippen LogP contribution in [0.25, 0.3) is 0 Å². The fourth-order valence-electron chi connectivity index (χ4n) is 4.45. The lowest BCUT2D eigenvalue weighted by molar-refractivity contribution is -0.132. The molecule has 1 saturated heterocycles. The minimum atomic E-state index is -0.275. The average Bonchev–Trinajstić information content (AvgIpc) is 3.27. The number of hydrogen-bond acceptors (Lipinski definition) is 5. The molecule has 0 bridgehead atoms. The highest BCUT2D eigenvalue weighted by Gasteiger charge is 2.33. The Morgan fingerprint density at radius 3 is 2.68 bits per heavy atom. The number of hydrogen-bond donors (Lipinski definition) is 1. The summed E-state index contributed by atoms with van der Waals surface area (Å²) in [6.07, 6.45) is 3.38. The topological polar surface area (TPSA) is 78.4 Å². The van der Waals surface area contributed by atoms with Gasteiger partial charge in [-0.25, -0.2) is 14.4 Å². The zero-order chi connectivity index (χ0) is 22.0. The van der Waals surface area contributed by atoms with Crippen molar-refractivity contribution in [3.63, 3.8) is 0 Å². The van der Waals surface area contributed by atoms with E-state index in [9.17, 15) is 14.0 Å². The van der Waals surface area contributed by atoms with Gasteiger partial charge in [0.15, 0.2) is 5.82 Å². The molecule has 4 rings (SSSR count). The maximum atomic E-state index is 13.1. The molecule has 8 heteroatoms. The lowest BCUT2D eigenvalue weighted by Crippen LogP contribution is -2.36. The molecule has 0 saturated carbocycles. The first-order valence-electron chi connectivity index (χ1n) is 10.8. The molecule has 2 amide bonds. The molecule has 1 fully saturated rings. The minimum Gasteiger partial charge on any atom is -0.373 e. The van der Waals surface area contributed by atoms with Crippen LogP contribution in [0, 0.1) is 5.82 Å². The van der Waals surface area contributed by atoms with Gasteiger partial charge in [0.05, 0.1) is 18.3 Å². The lowest BCUT2D eigenvalue weighted by atomic mass is 10.0. The summed E-state index contributed by atoms with van der Waals surface area (Å²) < 4.78 is 13.1. The first-order chi connectivity index (χ1) is 15.0. The molecule has 0 aliphatic carbocycles. The number of carbonyl (C=O) groups is 2. The Morgan fingerprint density at radius 1 is 1.19 bits per heavy atom. The van der Waals surface area contributed by atoms with Crippen molar-refractivity contribution in [2.24, 2.45) is 0 Å². The van der Waals surface area contributed by atoms with Crippen molar-refractivity contribution in [2.75, 3.05) is 25.5 Å². The molecule has 0 spiro atoms. The number of halogens is 1. The number of aromatic nitrogens is 2. The minimum absolute atomic E-state index is 0.0373. The highest BCUT2D eigenvalue weighted by Crippen LogP contribution is 2.33. The van der Waals surface area contributed by atoms with Gasteiger partial charge in [-0.05, 0) is 43.4 Å². The smallest absolute Gasteiger partial charge is 0.223 e. The second kappa shape index (κ2) is 8.99. The molecule has 1 aromatic heterocycles. The van der Waals surface area contributed by atoms with Crippen molar-refractivity contribution in [2.45, 2.75) is 51.6 Å². The number of benzene rings is 1. The average molecular weight is 426 g/mol. The van der Waals surface area contributed by atoms with Gasteiger partial charge < -0.3 is 15.1 Å². The molecule has 1 atom stereocenters. The van der Waals surface area contributed by atoms with Crippen LogP contribution in [0.2, 0.25) is 0 Å². The van der Waals surface area contributed by atoms with Crippen LogP contribution in [0.3, 0.4) is 0 Å². The number of carbonyl (C=O) groups excluding carboxylic acids is 2. The second-order valence-corrected chi connectivity index (χ2v) is 8.17. The SMILES string of the molecule is CNc1nc([C@@H]2CCCN2C(=O)CCc2ccc(F)cc2)nc2c1CCN(C(C)=O)C2. The van der Waals surface area contributed by atoms with Crippen LogP contribution in [-0.2, 0) is 29.0 Å². The van der Waals surface area contributed by atoms with E-state index in [0.29, 0.717) is 38.3 Å². The van der Waals surface area contributed by atoms with Crippen LogP contribution < -0.4 is 5.32 Å². The Hall–Kier alpha value is -3.03. The van der Waals surface area contributed by atoms with Gasteiger partial charge in [-0.2, -0.15) is 0 Å². The maximum Gasteiger partial charge on any atom is 0.223 e. The predicted molar refractivity (Wildman–Crippen MR) is 115 cm³/mol. The van der Waals surface area contributed by atoms with E-state index in [1.807, 2.05) is 11.9 Å². The fourth-order valence-corrected chi connectivity index (χ4v) is 4.45. The molecule has 7 nitrogen and oxygen atoms in total. The van der Waals surface area contributed by atoms with Gasteiger partial charge >= 0.3 is 0 Å². The number of anilines is 1. The molecule has 0 radical (unpaired) electrons. The molecule has 0 unspecified atom stereocenters. The lowest BCUT2D eigenvalue weighted by Gasteiger charge is -2.30. The summed E-state index contributed by atoms with van der Waals surface area (Å²) in [6, 6.07) is 6.12. The molecule has 164 valence electrons. The van der Waals surface area contributed by atoms with Crippen molar-refractivity contribution < 1.29 is 14.0 Å². The number of nitrogens with zero attached hydrogens (tertiary/aromatic N) is 4. The largest absolute Gasteiger partial charge is 0.373 e. The summed E-state index contributed by atoms with van der Waals surface area (Å²) in [5, 5.41) is 3.17. The van der Waals surface area contributed by atoms with Crippen molar-refractivity contribution in [1.82, 2.24) is 19.8 Å². The van der Waals surface area contributed by atoms with Crippen molar-refractivity contribution in [3.8, 4) is 0 Å². The second-order valence-electron chi connectivity index (χ2n) is 8.17. The summed E-state index contributed by atoms with van der Waals surface area (Å²) >= 11 is 0. The van der Waals surface area contributed by atoms with Gasteiger partial charge in [0.25, 0.3) is 0 Å². The summed E-state index contributed by atoms with van der Waals surface area (Å²) in [5.41, 5.74) is 2.86. The third-order valence-electron chi connectivity index (χ3n) is 6.18. The van der Waals surface area contributed by atoms with E-state index in [1.165, 1.54) is 12.1 Å². The van der Waals surface area contributed by atoms with E-state index in [0.717, 1.165) is 41.9 Å². The van der Waals surface area contributed by atoms with Crippen LogP contribution in [0.5, 0.6) is 0 Å². The molecule has 2 aliphatic rings. The van der Waals surface area contributed by atoms with E-state index >= 15 is 0 Å². The Kier molecular flexibility index (Phi) is 6.15. The molecule has 2 aromatic rings. The predicted octanol–water partition coefficient (Wildman–Crippen LogP) is 2.86. The fraction of sp³-hybridized carbons (Fsp3) is 0.478. The zero-order valence-corrected chi connectivity index (χ0v) is 18.0. The van der Waals surface area contributed by atoms with Crippen molar-refractivity contribution in [3.05, 3.63) is 52.7 Å². The van der Waals surface area contributed by atoms with E-state index in [2.05, 4.69) is 5.32 Å². The first-order valence-corrected chi connectivity index (χ1v) is 10.8. The molecule has 2 aliphatic heterocycles. The quantitative estimate of drug-likeness (QED) is 0.797. The van der Waals surface area contributed by atoms with E-state index in [1.54, 1.807) is 24.0 Å². The molecular formula is C23H28FN5O2. The van der Waals surface area contributed by atoms with Crippen LogP contribution in [0.1, 0.15) is 54.9 Å². The Bertz CT molecular complexity index is 979. The monoisotopic (exact) mass is 425 g/mol. The van der Waals surface area contributed by atoms with E-state index in [-0.39, 0.29) is 23.7 Å². The Labute approximate surface area is 181 Å². The van der Waals surface area contributed by atoms with Gasteiger partial charge in [0.2, 0.25) is 11.8 Å². The third-order valence-corrected chi connectivity index (χ3v) is 6.18. The number of aryl methyl sites for hydroxylation is 1. The zero-order valence-electron chi connectivity index (χ0n) is 18.0. The molecule has 1 N–H and O–H groups in total. The highest BCUT2D eigenvalue weighted by atomic mass is 19.1. The molecule has 31 heavy (non-hydrogen) atoms. The molecule has 1 aromatic carbocycles.